The second-order valence-corrected chi connectivity index (χ2v) is 3.12. The summed E-state index contributed by atoms with van der Waals surface area (Å²) in [5.74, 6) is -1.32. The topological polar surface area (TPSA) is 130 Å². The summed E-state index contributed by atoms with van der Waals surface area (Å²) in [5, 5.41) is 16.1. The van der Waals surface area contributed by atoms with E-state index in [1.54, 1.807) is 0 Å². The number of hydrogen-bond donors (Lipinski definition) is 5. The molecule has 0 rings (SSSR count). The zero-order chi connectivity index (χ0) is 11.7. The molecule has 0 saturated heterocycles. The van der Waals surface area contributed by atoms with E-state index in [-0.39, 0.29) is 55.0 Å². The Kier molecular flexibility index (Phi) is 35.0. The van der Waals surface area contributed by atoms with Gasteiger partial charge in [-0.2, -0.15) is 12.6 Å². The predicted molar refractivity (Wildman–Crippen MR) is 54.7 cm³/mol. The zero-order valence-electron chi connectivity index (χ0n) is 9.04. The average molecular weight is 396 g/mol. The first-order chi connectivity index (χ1) is 6.36. The van der Waals surface area contributed by atoms with Gasteiger partial charge in [0.15, 0.2) is 12.1 Å². The molecule has 6 nitrogen and oxygen atoms in total. The van der Waals surface area contributed by atoms with Crippen LogP contribution in [0.3, 0.4) is 0 Å². The maximum Gasteiger partial charge on any atom is 0.363 e. The van der Waals surface area contributed by atoms with Gasteiger partial charge in [0.05, 0.1) is 5.75 Å². The van der Waals surface area contributed by atoms with Gasteiger partial charge in [0.1, 0.15) is 0 Å². The van der Waals surface area contributed by atoms with Gasteiger partial charge in [-0.1, -0.05) is 0 Å². The molecule has 0 aliphatic carbocycles. The van der Waals surface area contributed by atoms with Crippen LogP contribution in [-0.2, 0) is 59.1 Å². The third-order valence-corrected chi connectivity index (χ3v) is 1.96. The SMILES string of the molecule is [Cl-].[Cr].[NH3+][C@H](CS)C(=O)O.[NH3+][C@H](C[S-])C(=O)O.[Zn]. The van der Waals surface area contributed by atoms with Gasteiger partial charge in [0, 0.05) is 36.8 Å². The van der Waals surface area contributed by atoms with Gasteiger partial charge >= 0.3 is 11.9 Å². The second kappa shape index (κ2) is 19.3. The van der Waals surface area contributed by atoms with E-state index in [9.17, 15) is 9.59 Å². The van der Waals surface area contributed by atoms with E-state index in [2.05, 4.69) is 36.7 Å². The molecule has 0 amide bonds. The van der Waals surface area contributed by atoms with Crippen LogP contribution < -0.4 is 23.9 Å². The monoisotopic (exact) mass is 394 g/mol. The molecule has 2 atom stereocenters. The molecule has 0 spiro atoms. The van der Waals surface area contributed by atoms with Gasteiger partial charge in [-0.05, 0) is 0 Å². The van der Waals surface area contributed by atoms with Crippen molar-refractivity contribution in [3.63, 3.8) is 0 Å². The number of carboxylic acids is 2. The Labute approximate surface area is 140 Å². The number of aliphatic carboxylic acids is 2. The van der Waals surface area contributed by atoms with Gasteiger partial charge in [-0.3, -0.25) is 0 Å². The molecule has 0 aliphatic rings. The minimum atomic E-state index is -0.921. The molecule has 17 heavy (non-hydrogen) atoms. The van der Waals surface area contributed by atoms with Crippen molar-refractivity contribution in [3.05, 3.63) is 0 Å². The maximum absolute atomic E-state index is 9.82. The largest absolute Gasteiger partial charge is 1.00 e. The van der Waals surface area contributed by atoms with Gasteiger partial charge in [-0.25, -0.2) is 9.59 Å². The number of rotatable bonds is 4. The Hall–Kier alpha value is 1.01. The number of carbonyl (C=O) groups is 2. The molecule has 0 bridgehead atoms. The Morgan fingerprint density at radius 1 is 1.18 bits per heavy atom. The third-order valence-electron chi connectivity index (χ3n) is 1.12. The first-order valence-corrected chi connectivity index (χ1v) is 4.88. The summed E-state index contributed by atoms with van der Waals surface area (Å²) in [6.45, 7) is 0. The standard InChI is InChI=1S/2C3H7NO2S.ClH.Cr.Zn/c2*4-2(1-7)3(5)6;;;/h2*2,7H,1,4H2,(H,5,6);1H;;/t2*2-;;;/m11.../s1. The van der Waals surface area contributed by atoms with Crippen LogP contribution in [0.1, 0.15) is 0 Å². The van der Waals surface area contributed by atoms with Gasteiger partial charge in [0.25, 0.3) is 0 Å². The molecular weight excluding hydrogens is 381 g/mol. The minimum Gasteiger partial charge on any atom is -1.00 e. The van der Waals surface area contributed by atoms with E-state index < -0.39 is 24.0 Å². The van der Waals surface area contributed by atoms with Crippen LogP contribution in [-0.4, -0.2) is 45.7 Å². The number of halogens is 1. The van der Waals surface area contributed by atoms with Crippen molar-refractivity contribution < 1.29 is 80.5 Å². The first-order valence-electron chi connectivity index (χ1n) is 3.67. The summed E-state index contributed by atoms with van der Waals surface area (Å²) in [6.07, 6.45) is 0. The third kappa shape index (κ3) is 22.6. The molecule has 0 fully saturated rings. The van der Waals surface area contributed by atoms with E-state index >= 15 is 0 Å². The molecule has 0 heterocycles. The molecule has 0 aromatic carbocycles. The normalized spacial score (nSPS) is 11.1. The van der Waals surface area contributed by atoms with Crippen molar-refractivity contribution in [3.8, 4) is 0 Å². The van der Waals surface area contributed by atoms with Crippen molar-refractivity contribution in [2.45, 2.75) is 12.1 Å². The van der Waals surface area contributed by atoms with Gasteiger partial charge in [-0.15, -0.1) is 5.75 Å². The molecule has 0 aromatic rings. The number of carboxylic acid groups (broad SMARTS) is 2. The maximum atomic E-state index is 9.82. The smallest absolute Gasteiger partial charge is 0.363 e. The van der Waals surface area contributed by atoms with Crippen LogP contribution in [0.25, 0.3) is 0 Å². The van der Waals surface area contributed by atoms with Crippen LogP contribution in [0.2, 0.25) is 0 Å². The van der Waals surface area contributed by atoms with Gasteiger partial charge < -0.3 is 46.7 Å². The average Bonchev–Trinajstić information content (AvgIpc) is 2.15. The fraction of sp³-hybridized carbons (Fsp3) is 0.667. The number of quaternary nitrogens is 2. The number of hydrogen-bond acceptors (Lipinski definition) is 4. The zero-order valence-corrected chi connectivity index (χ0v) is 15.8. The van der Waals surface area contributed by atoms with Crippen LogP contribution in [0.5, 0.6) is 0 Å². The van der Waals surface area contributed by atoms with Crippen molar-refractivity contribution in [2.75, 3.05) is 11.5 Å². The summed E-state index contributed by atoms with van der Waals surface area (Å²) in [7, 11) is 0. The van der Waals surface area contributed by atoms with Crippen LogP contribution in [0.4, 0.5) is 0 Å². The summed E-state index contributed by atoms with van der Waals surface area (Å²) < 4.78 is 0. The Morgan fingerprint density at radius 3 is 1.47 bits per heavy atom. The predicted octanol–water partition coefficient (Wildman–Crippen LogP) is -6.16. The quantitative estimate of drug-likeness (QED) is 0.184. The van der Waals surface area contributed by atoms with Crippen LogP contribution in [0, 0.1) is 0 Å². The molecule has 0 radical (unpaired) electrons. The van der Waals surface area contributed by atoms with E-state index in [0.717, 1.165) is 0 Å². The molecule has 11 heteroatoms. The molecule has 0 aliphatic heterocycles. The Morgan fingerprint density at radius 2 is 1.47 bits per heavy atom. The van der Waals surface area contributed by atoms with E-state index in [1.807, 2.05) is 0 Å². The summed E-state index contributed by atoms with van der Waals surface area (Å²) in [5.41, 5.74) is 6.53. The Bertz CT molecular complexity index is 187. The van der Waals surface area contributed by atoms with Crippen molar-refractivity contribution >= 4 is 37.2 Å². The number of thiol groups is 1. The molecular formula is C6H15ClCrN2O4S2Zn. The van der Waals surface area contributed by atoms with Gasteiger partial charge in [0.2, 0.25) is 0 Å². The Balaban J connectivity index is -0.0000000480. The van der Waals surface area contributed by atoms with Crippen molar-refractivity contribution in [2.24, 2.45) is 0 Å². The summed E-state index contributed by atoms with van der Waals surface area (Å²) in [4.78, 5) is 19.6. The first kappa shape index (κ1) is 30.8. The molecule has 0 aromatic heterocycles. The van der Waals surface area contributed by atoms with E-state index in [4.69, 9.17) is 10.2 Å². The minimum absolute atomic E-state index is 0. The fourth-order valence-electron chi connectivity index (χ4n) is 0.149. The van der Waals surface area contributed by atoms with Crippen LogP contribution >= 0.6 is 12.6 Å². The molecule has 8 N–H and O–H groups in total. The molecule has 0 unspecified atom stereocenters. The second-order valence-electron chi connectivity index (χ2n) is 2.42. The van der Waals surface area contributed by atoms with E-state index in [1.165, 1.54) is 0 Å². The van der Waals surface area contributed by atoms with Crippen molar-refractivity contribution in [1.29, 1.82) is 0 Å². The molecule has 0 saturated carbocycles. The summed E-state index contributed by atoms with van der Waals surface area (Å²) in [6, 6.07) is -1.18. The van der Waals surface area contributed by atoms with E-state index in [0.29, 0.717) is 5.75 Å². The fourth-order valence-corrected chi connectivity index (χ4v) is 0.448. The van der Waals surface area contributed by atoms with Crippen molar-refractivity contribution in [1.82, 2.24) is 0 Å². The molecule has 100 valence electrons. The summed E-state index contributed by atoms with van der Waals surface area (Å²) >= 11 is 8.12. The van der Waals surface area contributed by atoms with Crippen LogP contribution in [0.15, 0.2) is 0 Å².